The molecule has 6 atom stereocenters. The van der Waals surface area contributed by atoms with E-state index >= 15 is 0 Å². The van der Waals surface area contributed by atoms with E-state index < -0.39 is 42.9 Å². The summed E-state index contributed by atoms with van der Waals surface area (Å²) < 4.78 is 9.99. The Morgan fingerprint density at radius 2 is 1.87 bits per heavy atom. The molecule has 0 radical (unpaired) electrons. The molecule has 1 aliphatic rings. The molecule has 0 saturated carbocycles. The quantitative estimate of drug-likeness (QED) is 0.445. The lowest BCUT2D eigenvalue weighted by Crippen LogP contribution is -2.59. The van der Waals surface area contributed by atoms with Gasteiger partial charge in [0.15, 0.2) is 6.29 Å². The molecular formula is C8H15ClO6. The molecule has 1 heterocycles. The van der Waals surface area contributed by atoms with Gasteiger partial charge in [0.1, 0.15) is 30.0 Å². The molecule has 7 heteroatoms. The number of rotatable bonds is 3. The van der Waals surface area contributed by atoms with Crippen LogP contribution in [0.5, 0.6) is 0 Å². The molecule has 0 aliphatic carbocycles. The monoisotopic (exact) mass is 242 g/mol. The van der Waals surface area contributed by atoms with E-state index in [-0.39, 0.29) is 0 Å². The van der Waals surface area contributed by atoms with Crippen LogP contribution in [-0.2, 0) is 9.47 Å². The lowest BCUT2D eigenvalue weighted by molar-refractivity contribution is -0.303. The van der Waals surface area contributed by atoms with Crippen molar-refractivity contribution in [1.29, 1.82) is 0 Å². The first-order valence-electron chi connectivity index (χ1n) is 4.57. The first-order chi connectivity index (χ1) is 6.97. The minimum atomic E-state index is -1.43. The Bertz CT molecular complexity index is 200. The minimum Gasteiger partial charge on any atom is -0.394 e. The molecule has 6 nitrogen and oxygen atoms in total. The molecule has 0 aromatic carbocycles. The number of alkyl halides is 1. The highest BCUT2D eigenvalue weighted by Crippen LogP contribution is 2.23. The Kier molecular flexibility index (Phi) is 4.72. The van der Waals surface area contributed by atoms with E-state index in [0.717, 1.165) is 0 Å². The summed E-state index contributed by atoms with van der Waals surface area (Å²) in [6.45, 7) is 1.03. The Balaban J connectivity index is 2.65. The van der Waals surface area contributed by atoms with E-state index in [1.54, 1.807) is 0 Å². The smallest absolute Gasteiger partial charge is 0.188 e. The van der Waals surface area contributed by atoms with Crippen molar-refractivity contribution in [3.63, 3.8) is 0 Å². The fourth-order valence-corrected chi connectivity index (χ4v) is 1.47. The maximum absolute atomic E-state index is 9.47. The van der Waals surface area contributed by atoms with E-state index in [1.165, 1.54) is 6.92 Å². The summed E-state index contributed by atoms with van der Waals surface area (Å²) in [7, 11) is 0. The van der Waals surface area contributed by atoms with Gasteiger partial charge in [-0.1, -0.05) is 11.6 Å². The summed E-state index contributed by atoms with van der Waals surface area (Å²) in [5.41, 5.74) is -0.716. The molecule has 1 rings (SSSR count). The van der Waals surface area contributed by atoms with Crippen molar-refractivity contribution >= 4 is 11.6 Å². The summed E-state index contributed by atoms with van der Waals surface area (Å²) in [5.74, 6) is 0. The van der Waals surface area contributed by atoms with Crippen molar-refractivity contribution in [2.75, 3.05) is 6.61 Å². The highest BCUT2D eigenvalue weighted by molar-refractivity contribution is 6.19. The molecule has 15 heavy (non-hydrogen) atoms. The van der Waals surface area contributed by atoms with Gasteiger partial charge in [-0.3, -0.25) is 0 Å². The zero-order valence-corrected chi connectivity index (χ0v) is 8.91. The van der Waals surface area contributed by atoms with Crippen LogP contribution in [0.4, 0.5) is 0 Å². The zero-order valence-electron chi connectivity index (χ0n) is 8.15. The Hall–Kier alpha value is 0.0500. The Morgan fingerprint density at radius 3 is 2.33 bits per heavy atom. The first-order valence-corrected chi connectivity index (χ1v) is 5.01. The van der Waals surface area contributed by atoms with Crippen molar-refractivity contribution in [3.8, 4) is 0 Å². The first kappa shape index (κ1) is 13.1. The number of aliphatic hydroxyl groups is 4. The Labute approximate surface area is 92.0 Å². The van der Waals surface area contributed by atoms with Gasteiger partial charge in [-0.05, 0) is 6.92 Å². The number of ether oxygens (including phenoxy) is 2. The van der Waals surface area contributed by atoms with Gasteiger partial charge in [-0.2, -0.15) is 0 Å². The van der Waals surface area contributed by atoms with Gasteiger partial charge >= 0.3 is 0 Å². The maximum Gasteiger partial charge on any atom is 0.188 e. The third-order valence-corrected chi connectivity index (χ3v) is 2.27. The molecule has 1 fully saturated rings. The average Bonchev–Trinajstić information content (AvgIpc) is 2.18. The second-order valence-electron chi connectivity index (χ2n) is 3.38. The van der Waals surface area contributed by atoms with Gasteiger partial charge in [0, 0.05) is 0 Å². The van der Waals surface area contributed by atoms with Crippen molar-refractivity contribution in [3.05, 3.63) is 0 Å². The van der Waals surface area contributed by atoms with Crippen LogP contribution in [0, 0.1) is 0 Å². The SMILES string of the molecule is CC(Cl)OC1O[C@H](CO)[C@@H](O)[C@H](O)[C@H]1O. The predicted molar refractivity (Wildman–Crippen MR) is 50.2 cm³/mol. The lowest BCUT2D eigenvalue weighted by Gasteiger charge is -2.39. The molecule has 0 aromatic heterocycles. The van der Waals surface area contributed by atoms with Crippen molar-refractivity contribution in [2.24, 2.45) is 0 Å². The van der Waals surface area contributed by atoms with Gasteiger partial charge in [0.25, 0.3) is 0 Å². The van der Waals surface area contributed by atoms with Crippen LogP contribution in [0.25, 0.3) is 0 Å². The lowest BCUT2D eigenvalue weighted by atomic mass is 9.99. The summed E-state index contributed by atoms with van der Waals surface area (Å²) in [6.07, 6.45) is -6.34. The van der Waals surface area contributed by atoms with Crippen LogP contribution < -0.4 is 0 Å². The van der Waals surface area contributed by atoms with E-state index in [9.17, 15) is 15.3 Å². The van der Waals surface area contributed by atoms with E-state index in [0.29, 0.717) is 0 Å². The zero-order chi connectivity index (χ0) is 11.6. The number of aliphatic hydroxyl groups excluding tert-OH is 4. The summed E-state index contributed by atoms with van der Waals surface area (Å²) in [6, 6.07) is 0. The molecule has 2 unspecified atom stereocenters. The largest absolute Gasteiger partial charge is 0.394 e. The van der Waals surface area contributed by atoms with Gasteiger partial charge in [-0.15, -0.1) is 0 Å². The average molecular weight is 243 g/mol. The van der Waals surface area contributed by atoms with Crippen molar-refractivity contribution < 1.29 is 29.9 Å². The Morgan fingerprint density at radius 1 is 1.27 bits per heavy atom. The third kappa shape index (κ3) is 3.01. The van der Waals surface area contributed by atoms with Crippen LogP contribution >= 0.6 is 11.6 Å². The fraction of sp³-hybridized carbons (Fsp3) is 1.00. The molecular weight excluding hydrogens is 228 g/mol. The van der Waals surface area contributed by atoms with Crippen LogP contribution in [0.2, 0.25) is 0 Å². The molecule has 4 N–H and O–H groups in total. The summed E-state index contributed by atoms with van der Waals surface area (Å²) >= 11 is 5.53. The molecule has 0 aromatic rings. The van der Waals surface area contributed by atoms with Crippen molar-refractivity contribution in [1.82, 2.24) is 0 Å². The molecule has 1 saturated heterocycles. The molecule has 0 spiro atoms. The minimum absolute atomic E-state index is 0.485. The van der Waals surface area contributed by atoms with E-state index in [1.807, 2.05) is 0 Å². The second-order valence-corrected chi connectivity index (χ2v) is 3.99. The topological polar surface area (TPSA) is 99.4 Å². The van der Waals surface area contributed by atoms with Gasteiger partial charge in [0.2, 0.25) is 0 Å². The standard InChI is InChI=1S/C8H15ClO6/c1-3(9)14-8-7(13)6(12)5(11)4(2-10)15-8/h3-8,10-13H,2H2,1H3/t3?,4-,5-,6+,7-,8?/m1/s1. The molecule has 0 bridgehead atoms. The normalized spacial score (nSPS) is 44.0. The predicted octanol–water partition coefficient (Wildman–Crippen LogP) is -1.61. The third-order valence-electron chi connectivity index (χ3n) is 2.17. The van der Waals surface area contributed by atoms with Crippen molar-refractivity contribution in [2.45, 2.75) is 43.2 Å². The molecule has 0 amide bonds. The number of hydrogen-bond donors (Lipinski definition) is 4. The van der Waals surface area contributed by atoms with Gasteiger partial charge in [-0.25, -0.2) is 0 Å². The summed E-state index contributed by atoms with van der Waals surface area (Å²) in [5, 5.41) is 37.1. The van der Waals surface area contributed by atoms with Gasteiger partial charge in [0.05, 0.1) is 6.61 Å². The summed E-state index contributed by atoms with van der Waals surface area (Å²) in [4.78, 5) is 0. The van der Waals surface area contributed by atoms with Crippen LogP contribution in [0.15, 0.2) is 0 Å². The van der Waals surface area contributed by atoms with Crippen LogP contribution in [-0.4, -0.2) is 63.3 Å². The van der Waals surface area contributed by atoms with Crippen LogP contribution in [0.3, 0.4) is 0 Å². The second kappa shape index (κ2) is 5.40. The van der Waals surface area contributed by atoms with E-state index in [4.69, 9.17) is 26.2 Å². The molecule has 1 aliphatic heterocycles. The number of hydrogen-bond acceptors (Lipinski definition) is 6. The highest BCUT2D eigenvalue weighted by atomic mass is 35.5. The maximum atomic E-state index is 9.47. The van der Waals surface area contributed by atoms with E-state index in [2.05, 4.69) is 0 Å². The van der Waals surface area contributed by atoms with Crippen LogP contribution in [0.1, 0.15) is 6.92 Å². The highest BCUT2D eigenvalue weighted by Gasteiger charge is 2.44. The number of halogens is 1. The molecule has 90 valence electrons. The fourth-order valence-electron chi connectivity index (χ4n) is 1.36. The van der Waals surface area contributed by atoms with Gasteiger partial charge < -0.3 is 29.9 Å².